The van der Waals surface area contributed by atoms with Crippen LogP contribution in [-0.2, 0) is 9.59 Å². The van der Waals surface area contributed by atoms with E-state index in [4.69, 9.17) is 0 Å². The average molecular weight is 264 g/mol. The third kappa shape index (κ3) is 1.89. The largest absolute Gasteiger partial charge is 0.393 e. The van der Waals surface area contributed by atoms with E-state index in [0.717, 1.165) is 19.1 Å². The van der Waals surface area contributed by atoms with Crippen LogP contribution in [0.25, 0.3) is 0 Å². The van der Waals surface area contributed by atoms with E-state index in [0.29, 0.717) is 48.3 Å². The molecule has 3 heteroatoms. The fourth-order valence-corrected chi connectivity index (χ4v) is 5.19. The summed E-state index contributed by atoms with van der Waals surface area (Å²) in [6.07, 6.45) is 4.09. The van der Waals surface area contributed by atoms with Gasteiger partial charge in [0, 0.05) is 6.42 Å². The Morgan fingerprint density at radius 2 is 1.89 bits per heavy atom. The lowest BCUT2D eigenvalue weighted by atomic mass is 9.59. The van der Waals surface area contributed by atoms with E-state index in [1.807, 2.05) is 0 Å². The van der Waals surface area contributed by atoms with Gasteiger partial charge in [-0.1, -0.05) is 13.8 Å². The van der Waals surface area contributed by atoms with Crippen molar-refractivity contribution in [3.8, 4) is 0 Å². The number of Topliss-reactive ketones (excluding diaryl/α,β-unsaturated/α-hetero) is 1. The SMILES string of the molecule is CC1C(O)C2C3CC(C=O)C(=O)CC3CC[C@H]2[C@@H]1C. The smallest absolute Gasteiger partial charge is 0.143 e. The number of aliphatic hydroxyl groups excluding tert-OH is 1. The van der Waals surface area contributed by atoms with Crippen molar-refractivity contribution in [2.45, 2.75) is 45.6 Å². The number of aldehydes is 1. The van der Waals surface area contributed by atoms with E-state index < -0.39 is 5.92 Å². The Morgan fingerprint density at radius 3 is 2.58 bits per heavy atom. The minimum atomic E-state index is -0.404. The predicted molar refractivity (Wildman–Crippen MR) is 71.3 cm³/mol. The van der Waals surface area contributed by atoms with Crippen LogP contribution >= 0.6 is 0 Å². The summed E-state index contributed by atoms with van der Waals surface area (Å²) in [5.74, 6) is 2.34. The standard InChI is InChI=1S/C16H24O3/c1-8-9(2)16(19)15-12(8)4-3-10-6-14(18)11(7-17)5-13(10)15/h7-13,15-16,19H,3-6H2,1-2H3/t8-,9?,10?,11?,12+,13?,15?,16?/m1/s1. The van der Waals surface area contributed by atoms with Crippen LogP contribution in [0.1, 0.15) is 39.5 Å². The molecule has 106 valence electrons. The first kappa shape index (κ1) is 13.3. The molecule has 0 aromatic rings. The Balaban J connectivity index is 1.86. The monoisotopic (exact) mass is 264 g/mol. The molecule has 8 atom stereocenters. The van der Waals surface area contributed by atoms with Crippen LogP contribution in [0.5, 0.6) is 0 Å². The summed E-state index contributed by atoms with van der Waals surface area (Å²) in [5, 5.41) is 10.6. The molecule has 0 spiro atoms. The Morgan fingerprint density at radius 1 is 1.16 bits per heavy atom. The maximum absolute atomic E-state index is 11.9. The van der Waals surface area contributed by atoms with E-state index in [9.17, 15) is 14.7 Å². The molecule has 6 unspecified atom stereocenters. The molecule has 3 nitrogen and oxygen atoms in total. The molecule has 0 aromatic heterocycles. The van der Waals surface area contributed by atoms with Crippen molar-refractivity contribution >= 4 is 12.1 Å². The van der Waals surface area contributed by atoms with Gasteiger partial charge in [-0.15, -0.1) is 0 Å². The van der Waals surface area contributed by atoms with Gasteiger partial charge in [-0.3, -0.25) is 4.79 Å². The third-order valence-electron chi connectivity index (χ3n) is 6.47. The Kier molecular flexibility index (Phi) is 3.28. The number of carbonyl (C=O) groups excluding carboxylic acids is 2. The summed E-state index contributed by atoms with van der Waals surface area (Å²) in [4.78, 5) is 23.0. The summed E-state index contributed by atoms with van der Waals surface area (Å²) in [5.41, 5.74) is 0. The lowest BCUT2D eigenvalue weighted by molar-refractivity contribution is -0.135. The Hall–Kier alpha value is -0.700. The van der Waals surface area contributed by atoms with Gasteiger partial charge in [-0.2, -0.15) is 0 Å². The van der Waals surface area contributed by atoms with Gasteiger partial charge in [0.05, 0.1) is 12.0 Å². The molecule has 0 radical (unpaired) electrons. The number of ketones is 1. The molecule has 0 amide bonds. The molecular formula is C16H24O3. The summed E-state index contributed by atoms with van der Waals surface area (Å²) >= 11 is 0. The number of aliphatic hydroxyl groups is 1. The van der Waals surface area contributed by atoms with Crippen LogP contribution in [0.3, 0.4) is 0 Å². The van der Waals surface area contributed by atoms with E-state index >= 15 is 0 Å². The predicted octanol–water partition coefficient (Wildman–Crippen LogP) is 2.07. The first-order chi connectivity index (χ1) is 9.04. The molecule has 3 fully saturated rings. The Bertz CT molecular complexity index is 391. The number of hydrogen-bond acceptors (Lipinski definition) is 3. The van der Waals surface area contributed by atoms with Gasteiger partial charge in [0.25, 0.3) is 0 Å². The molecule has 0 aromatic carbocycles. The molecule has 3 rings (SSSR count). The zero-order chi connectivity index (χ0) is 13.7. The molecule has 3 aliphatic rings. The zero-order valence-corrected chi connectivity index (χ0v) is 11.8. The van der Waals surface area contributed by atoms with Crippen LogP contribution < -0.4 is 0 Å². The minimum absolute atomic E-state index is 0.128. The topological polar surface area (TPSA) is 54.4 Å². The summed E-state index contributed by atoms with van der Waals surface area (Å²) in [7, 11) is 0. The van der Waals surface area contributed by atoms with Crippen LogP contribution in [-0.4, -0.2) is 23.3 Å². The molecule has 0 saturated heterocycles. The number of fused-ring (bicyclic) bond motifs is 3. The van der Waals surface area contributed by atoms with E-state index in [1.54, 1.807) is 0 Å². The van der Waals surface area contributed by atoms with Crippen LogP contribution in [0.15, 0.2) is 0 Å². The Labute approximate surface area is 114 Å². The minimum Gasteiger partial charge on any atom is -0.393 e. The van der Waals surface area contributed by atoms with E-state index in [2.05, 4.69) is 13.8 Å². The zero-order valence-electron chi connectivity index (χ0n) is 11.8. The van der Waals surface area contributed by atoms with Crippen molar-refractivity contribution in [2.75, 3.05) is 0 Å². The van der Waals surface area contributed by atoms with Crippen LogP contribution in [0.2, 0.25) is 0 Å². The van der Waals surface area contributed by atoms with Crippen molar-refractivity contribution in [1.82, 2.24) is 0 Å². The molecule has 3 aliphatic carbocycles. The van der Waals surface area contributed by atoms with Crippen molar-refractivity contribution in [3.63, 3.8) is 0 Å². The molecule has 0 bridgehead atoms. The quantitative estimate of drug-likeness (QED) is 0.582. The van der Waals surface area contributed by atoms with Gasteiger partial charge < -0.3 is 9.90 Å². The van der Waals surface area contributed by atoms with E-state index in [-0.39, 0.29) is 11.9 Å². The van der Waals surface area contributed by atoms with Crippen molar-refractivity contribution in [1.29, 1.82) is 0 Å². The van der Waals surface area contributed by atoms with Gasteiger partial charge >= 0.3 is 0 Å². The molecule has 3 saturated carbocycles. The molecule has 0 heterocycles. The molecule has 1 N–H and O–H groups in total. The molecule has 0 aliphatic heterocycles. The molecule has 19 heavy (non-hydrogen) atoms. The van der Waals surface area contributed by atoms with E-state index in [1.165, 1.54) is 0 Å². The first-order valence-electron chi connectivity index (χ1n) is 7.70. The number of carbonyl (C=O) groups is 2. The van der Waals surface area contributed by atoms with Crippen LogP contribution in [0, 0.1) is 41.4 Å². The maximum atomic E-state index is 11.9. The second kappa shape index (κ2) is 4.69. The second-order valence-corrected chi connectivity index (χ2v) is 7.10. The highest BCUT2D eigenvalue weighted by Crippen LogP contribution is 2.56. The fourth-order valence-electron chi connectivity index (χ4n) is 5.19. The van der Waals surface area contributed by atoms with Crippen molar-refractivity contribution < 1.29 is 14.7 Å². The lowest BCUT2D eigenvalue weighted by Crippen LogP contribution is -2.44. The number of rotatable bonds is 1. The lowest BCUT2D eigenvalue weighted by Gasteiger charge is -2.45. The fraction of sp³-hybridized carbons (Fsp3) is 0.875. The van der Waals surface area contributed by atoms with Gasteiger partial charge in [-0.05, 0) is 54.8 Å². The summed E-state index contributed by atoms with van der Waals surface area (Å²) < 4.78 is 0. The van der Waals surface area contributed by atoms with Crippen molar-refractivity contribution in [3.05, 3.63) is 0 Å². The average Bonchev–Trinajstić information content (AvgIpc) is 2.63. The van der Waals surface area contributed by atoms with Gasteiger partial charge in [0.2, 0.25) is 0 Å². The first-order valence-corrected chi connectivity index (χ1v) is 7.70. The summed E-state index contributed by atoms with van der Waals surface area (Å²) in [6, 6.07) is 0. The third-order valence-corrected chi connectivity index (χ3v) is 6.47. The maximum Gasteiger partial charge on any atom is 0.143 e. The van der Waals surface area contributed by atoms with Gasteiger partial charge in [0.1, 0.15) is 12.1 Å². The van der Waals surface area contributed by atoms with Crippen molar-refractivity contribution in [2.24, 2.45) is 41.4 Å². The highest BCUT2D eigenvalue weighted by molar-refractivity contribution is 5.94. The van der Waals surface area contributed by atoms with Gasteiger partial charge in [-0.25, -0.2) is 0 Å². The summed E-state index contributed by atoms with van der Waals surface area (Å²) in [6.45, 7) is 4.40. The molecular weight excluding hydrogens is 240 g/mol. The highest BCUT2D eigenvalue weighted by Gasteiger charge is 2.54. The number of hydrogen-bond donors (Lipinski definition) is 1. The van der Waals surface area contributed by atoms with Crippen LogP contribution in [0.4, 0.5) is 0 Å². The second-order valence-electron chi connectivity index (χ2n) is 7.10. The highest BCUT2D eigenvalue weighted by atomic mass is 16.3. The van der Waals surface area contributed by atoms with Gasteiger partial charge in [0.15, 0.2) is 0 Å². The normalized spacial score (nSPS) is 53.5.